The molecule has 0 heterocycles. The van der Waals surface area contributed by atoms with Gasteiger partial charge in [-0.05, 0) is 65.9 Å². The van der Waals surface area contributed by atoms with Crippen molar-refractivity contribution in [1.82, 2.24) is 0 Å². The smallest absolute Gasteiger partial charge is 0.00922 e. The lowest BCUT2D eigenvalue weighted by Crippen LogP contribution is -2.36. The fraction of sp³-hybridized carbons (Fsp3) is 0.600. The minimum atomic E-state index is 0.585. The maximum absolute atomic E-state index is 4.37. The monoisotopic (exact) mass is 338 g/mol. The quantitative estimate of drug-likeness (QED) is 0.450. The van der Waals surface area contributed by atoms with Gasteiger partial charge < -0.3 is 0 Å². The first-order chi connectivity index (χ1) is 11.9. The number of allylic oxidation sites excluding steroid dienone is 8. The zero-order chi connectivity index (χ0) is 18.6. The van der Waals surface area contributed by atoms with E-state index in [1.807, 2.05) is 0 Å². The molecule has 2 aliphatic carbocycles. The van der Waals surface area contributed by atoms with E-state index < -0.39 is 0 Å². The molecule has 0 aromatic heterocycles. The van der Waals surface area contributed by atoms with E-state index in [9.17, 15) is 0 Å². The third kappa shape index (κ3) is 4.27. The Labute approximate surface area is 156 Å². The van der Waals surface area contributed by atoms with Gasteiger partial charge >= 0.3 is 0 Å². The molecule has 0 bridgehead atoms. The lowest BCUT2D eigenvalue weighted by atomic mass is 9.61. The van der Waals surface area contributed by atoms with Crippen LogP contribution < -0.4 is 0 Å². The van der Waals surface area contributed by atoms with Crippen LogP contribution in [-0.2, 0) is 0 Å². The number of rotatable bonds is 7. The molecule has 5 unspecified atom stereocenters. The minimum absolute atomic E-state index is 0.585. The van der Waals surface area contributed by atoms with Gasteiger partial charge in [-0.15, -0.1) is 0 Å². The Morgan fingerprint density at radius 2 is 1.84 bits per heavy atom. The molecule has 0 fully saturated rings. The van der Waals surface area contributed by atoms with Crippen molar-refractivity contribution >= 4 is 0 Å². The van der Waals surface area contributed by atoms with Gasteiger partial charge in [0.1, 0.15) is 0 Å². The maximum Gasteiger partial charge on any atom is -0.00922 e. The van der Waals surface area contributed by atoms with Gasteiger partial charge in [0.15, 0.2) is 0 Å². The summed E-state index contributed by atoms with van der Waals surface area (Å²) in [5.74, 6) is 3.88. The molecule has 0 aromatic carbocycles. The molecule has 0 radical (unpaired) electrons. The molecule has 0 aromatic rings. The summed E-state index contributed by atoms with van der Waals surface area (Å²) in [6.45, 7) is 20.5. The third-order valence-electron chi connectivity index (χ3n) is 6.62. The van der Waals surface area contributed by atoms with Gasteiger partial charge in [0, 0.05) is 0 Å². The Balaban J connectivity index is 2.59. The van der Waals surface area contributed by atoms with Crippen LogP contribution in [-0.4, -0.2) is 0 Å². The largest absolute Gasteiger partial charge is 0.0985 e. The first-order valence-corrected chi connectivity index (χ1v) is 10.3. The predicted molar refractivity (Wildman–Crippen MR) is 112 cm³/mol. The van der Waals surface area contributed by atoms with E-state index in [0.29, 0.717) is 29.6 Å². The Bertz CT molecular complexity index is 569. The topological polar surface area (TPSA) is 0 Å². The minimum Gasteiger partial charge on any atom is -0.0985 e. The normalized spacial score (nSPS) is 27.5. The van der Waals surface area contributed by atoms with Crippen molar-refractivity contribution < 1.29 is 0 Å². The Kier molecular flexibility index (Phi) is 7.11. The van der Waals surface area contributed by atoms with Gasteiger partial charge in [0.05, 0.1) is 0 Å². The van der Waals surface area contributed by atoms with E-state index in [1.54, 1.807) is 5.57 Å². The van der Waals surface area contributed by atoms with Crippen molar-refractivity contribution in [2.75, 3.05) is 0 Å². The lowest BCUT2D eigenvalue weighted by molar-refractivity contribution is 0.142. The van der Waals surface area contributed by atoms with Gasteiger partial charge in [-0.2, -0.15) is 0 Å². The molecular formula is C25H38. The summed E-state index contributed by atoms with van der Waals surface area (Å²) in [5.41, 5.74) is 4.32. The molecule has 5 atom stereocenters. The van der Waals surface area contributed by atoms with Crippen LogP contribution in [0.2, 0.25) is 0 Å². The summed E-state index contributed by atoms with van der Waals surface area (Å²) in [4.78, 5) is 0. The zero-order valence-electron chi connectivity index (χ0n) is 17.1. The molecule has 0 saturated heterocycles. The average Bonchev–Trinajstić information content (AvgIpc) is 2.59. The lowest BCUT2D eigenvalue weighted by Gasteiger charge is -2.44. The Hall–Kier alpha value is -1.30. The van der Waals surface area contributed by atoms with E-state index in [1.165, 1.54) is 30.4 Å². The molecule has 2 rings (SSSR count). The van der Waals surface area contributed by atoms with Crippen molar-refractivity contribution in [2.45, 2.75) is 60.3 Å². The molecule has 2 aliphatic rings. The highest BCUT2D eigenvalue weighted by molar-refractivity contribution is 5.45. The number of hydrogen-bond donors (Lipinski definition) is 0. The summed E-state index contributed by atoms with van der Waals surface area (Å²) >= 11 is 0. The van der Waals surface area contributed by atoms with Crippen LogP contribution in [0.5, 0.6) is 0 Å². The van der Waals surface area contributed by atoms with Crippen LogP contribution in [0.3, 0.4) is 0 Å². The molecule has 0 amide bonds. The highest BCUT2D eigenvalue weighted by atomic mass is 14.4. The van der Waals surface area contributed by atoms with Crippen LogP contribution in [0.1, 0.15) is 60.3 Å². The van der Waals surface area contributed by atoms with Crippen LogP contribution in [0.4, 0.5) is 0 Å². The fourth-order valence-corrected chi connectivity index (χ4v) is 5.21. The van der Waals surface area contributed by atoms with Crippen molar-refractivity contribution in [1.29, 1.82) is 0 Å². The van der Waals surface area contributed by atoms with Crippen LogP contribution >= 0.6 is 0 Å². The predicted octanol–water partition coefficient (Wildman–Crippen LogP) is 7.52. The second-order valence-electron chi connectivity index (χ2n) is 8.54. The van der Waals surface area contributed by atoms with E-state index in [2.05, 4.69) is 78.2 Å². The summed E-state index contributed by atoms with van der Waals surface area (Å²) in [6.07, 6.45) is 16.3. The van der Waals surface area contributed by atoms with E-state index in [-0.39, 0.29) is 0 Å². The highest BCUT2D eigenvalue weighted by Gasteiger charge is 2.39. The number of hydrogen-bond acceptors (Lipinski definition) is 0. The average molecular weight is 339 g/mol. The Morgan fingerprint density at radius 1 is 1.16 bits per heavy atom. The molecule has 0 saturated carbocycles. The summed E-state index contributed by atoms with van der Waals surface area (Å²) in [5, 5.41) is 0. The van der Waals surface area contributed by atoms with Crippen molar-refractivity contribution in [3.05, 3.63) is 60.3 Å². The molecule has 0 N–H and O–H groups in total. The summed E-state index contributed by atoms with van der Waals surface area (Å²) in [6, 6.07) is 0. The second kappa shape index (κ2) is 8.88. The van der Waals surface area contributed by atoms with E-state index in [4.69, 9.17) is 0 Å². The molecule has 0 spiro atoms. The first-order valence-electron chi connectivity index (χ1n) is 10.3. The molecule has 25 heavy (non-hydrogen) atoms. The van der Waals surface area contributed by atoms with Crippen LogP contribution in [0, 0.1) is 35.5 Å². The van der Waals surface area contributed by atoms with Gasteiger partial charge in [0.25, 0.3) is 0 Å². The summed E-state index contributed by atoms with van der Waals surface area (Å²) < 4.78 is 0. The molecular weight excluding hydrogens is 300 g/mol. The molecule has 0 aliphatic heterocycles. The van der Waals surface area contributed by atoms with Crippen molar-refractivity contribution in [3.8, 4) is 0 Å². The van der Waals surface area contributed by atoms with Gasteiger partial charge in [-0.3, -0.25) is 0 Å². The molecule has 0 heteroatoms. The van der Waals surface area contributed by atoms with E-state index in [0.717, 1.165) is 12.3 Å². The van der Waals surface area contributed by atoms with Crippen molar-refractivity contribution in [2.24, 2.45) is 35.5 Å². The van der Waals surface area contributed by atoms with Gasteiger partial charge in [-0.25, -0.2) is 0 Å². The van der Waals surface area contributed by atoms with E-state index >= 15 is 0 Å². The standard InChI is InChI=1S/C25H38/c1-8-18(5)24(17(3)4)25(22-15-11-10-13-20(22)7)23-16-12-14-19(6)21(23)9-2/h9-11,13,15,17-18,20,22,24-25H,2,6,8,12,14,16H2,1,3-5,7H3. The van der Waals surface area contributed by atoms with Crippen LogP contribution in [0.25, 0.3) is 0 Å². The highest BCUT2D eigenvalue weighted by Crippen LogP contribution is 2.48. The zero-order valence-corrected chi connectivity index (χ0v) is 17.1. The van der Waals surface area contributed by atoms with Gasteiger partial charge in [-0.1, -0.05) is 90.2 Å². The second-order valence-corrected chi connectivity index (χ2v) is 8.54. The fourth-order valence-electron chi connectivity index (χ4n) is 5.21. The molecule has 0 nitrogen and oxygen atoms in total. The summed E-state index contributed by atoms with van der Waals surface area (Å²) in [7, 11) is 0. The molecule has 138 valence electrons. The van der Waals surface area contributed by atoms with Crippen LogP contribution in [0.15, 0.2) is 60.3 Å². The SMILES string of the molecule is C=CC1=C(C(C2C=CC=CC2C)C(C(C)C)C(C)CC)CCCC1=C. The first kappa shape index (κ1) is 20.0. The third-order valence-corrected chi connectivity index (χ3v) is 6.62. The van der Waals surface area contributed by atoms with Crippen molar-refractivity contribution in [3.63, 3.8) is 0 Å². The maximum atomic E-state index is 4.37. The Morgan fingerprint density at radius 3 is 2.40 bits per heavy atom. The van der Waals surface area contributed by atoms with Gasteiger partial charge in [0.2, 0.25) is 0 Å².